The highest BCUT2D eigenvalue weighted by Gasteiger charge is 2.29. The average Bonchev–Trinajstić information content (AvgIpc) is 2.72. The lowest BCUT2D eigenvalue weighted by Crippen LogP contribution is -2.51. The standard InChI is InChI=1S/C24H39N3O2/c1-19-8-7-11-23(21(19)3)25-24(28)18-27(17-22-9-5-4-6-10-22)20(2)16-26-12-14-29-15-13-26/h4-6,9-10,19-21,23H,7-8,11-18H2,1-3H3,(H,25,28). The molecule has 3 rings (SSSR count). The third-order valence-corrected chi connectivity index (χ3v) is 6.88. The molecule has 1 saturated heterocycles. The van der Waals surface area contributed by atoms with Crippen LogP contribution in [-0.2, 0) is 16.1 Å². The van der Waals surface area contributed by atoms with Crippen molar-refractivity contribution in [3.8, 4) is 0 Å². The van der Waals surface area contributed by atoms with Gasteiger partial charge in [0, 0.05) is 38.3 Å². The topological polar surface area (TPSA) is 44.8 Å². The van der Waals surface area contributed by atoms with Crippen LogP contribution >= 0.6 is 0 Å². The molecule has 5 nitrogen and oxygen atoms in total. The highest BCUT2D eigenvalue weighted by Crippen LogP contribution is 2.29. The molecule has 0 aromatic heterocycles. The maximum atomic E-state index is 13.0. The Morgan fingerprint density at radius 3 is 2.66 bits per heavy atom. The Bertz CT molecular complexity index is 618. The van der Waals surface area contributed by atoms with Gasteiger partial charge in [-0.15, -0.1) is 0 Å². The smallest absolute Gasteiger partial charge is 0.234 e. The quantitative estimate of drug-likeness (QED) is 0.727. The van der Waals surface area contributed by atoms with Gasteiger partial charge in [-0.2, -0.15) is 0 Å². The number of ether oxygens (including phenoxy) is 1. The van der Waals surface area contributed by atoms with Crippen molar-refractivity contribution in [1.29, 1.82) is 0 Å². The molecule has 1 aromatic carbocycles. The van der Waals surface area contributed by atoms with Crippen LogP contribution in [0, 0.1) is 11.8 Å². The fourth-order valence-corrected chi connectivity index (χ4v) is 4.68. The molecule has 2 aliphatic rings. The number of benzene rings is 1. The summed E-state index contributed by atoms with van der Waals surface area (Å²) in [5, 5.41) is 3.36. The van der Waals surface area contributed by atoms with Crippen LogP contribution in [0.5, 0.6) is 0 Å². The van der Waals surface area contributed by atoms with Crippen molar-refractivity contribution in [3.05, 3.63) is 35.9 Å². The van der Waals surface area contributed by atoms with Crippen molar-refractivity contribution in [1.82, 2.24) is 15.1 Å². The van der Waals surface area contributed by atoms with Crippen LogP contribution < -0.4 is 5.32 Å². The largest absolute Gasteiger partial charge is 0.379 e. The monoisotopic (exact) mass is 401 g/mol. The third-order valence-electron chi connectivity index (χ3n) is 6.88. The Morgan fingerprint density at radius 2 is 1.93 bits per heavy atom. The summed E-state index contributed by atoms with van der Waals surface area (Å²) in [4.78, 5) is 17.8. The van der Waals surface area contributed by atoms with Crippen LogP contribution in [0.3, 0.4) is 0 Å². The van der Waals surface area contributed by atoms with E-state index in [1.54, 1.807) is 0 Å². The molecule has 162 valence electrons. The lowest BCUT2D eigenvalue weighted by Gasteiger charge is -2.37. The Kier molecular flexibility index (Phi) is 8.52. The molecular formula is C24H39N3O2. The Balaban J connectivity index is 1.61. The minimum atomic E-state index is 0.167. The van der Waals surface area contributed by atoms with Crippen LogP contribution in [-0.4, -0.2) is 67.2 Å². The van der Waals surface area contributed by atoms with E-state index in [2.05, 4.69) is 60.2 Å². The van der Waals surface area contributed by atoms with E-state index in [0.29, 0.717) is 30.5 Å². The van der Waals surface area contributed by atoms with Crippen LogP contribution in [0.15, 0.2) is 30.3 Å². The van der Waals surface area contributed by atoms with Gasteiger partial charge in [0.05, 0.1) is 19.8 Å². The number of nitrogens with one attached hydrogen (secondary N) is 1. The first-order valence-corrected chi connectivity index (χ1v) is 11.4. The first-order chi connectivity index (χ1) is 14.0. The summed E-state index contributed by atoms with van der Waals surface area (Å²) in [7, 11) is 0. The number of hydrogen-bond acceptors (Lipinski definition) is 4. The molecule has 1 amide bonds. The summed E-state index contributed by atoms with van der Waals surface area (Å²) in [6.07, 6.45) is 3.61. The maximum absolute atomic E-state index is 13.0. The van der Waals surface area contributed by atoms with Gasteiger partial charge in [-0.25, -0.2) is 0 Å². The second-order valence-corrected chi connectivity index (χ2v) is 9.09. The fraction of sp³-hybridized carbons (Fsp3) is 0.708. The van der Waals surface area contributed by atoms with E-state index in [4.69, 9.17) is 4.74 Å². The SMILES string of the molecule is CC1CCCC(NC(=O)CN(Cc2ccccc2)C(C)CN2CCOCC2)C1C. The lowest BCUT2D eigenvalue weighted by atomic mass is 9.78. The molecule has 4 unspecified atom stereocenters. The number of rotatable bonds is 8. The van der Waals surface area contributed by atoms with Crippen molar-refractivity contribution in [2.45, 2.75) is 58.7 Å². The van der Waals surface area contributed by atoms with Gasteiger partial charge in [0.25, 0.3) is 0 Å². The molecule has 29 heavy (non-hydrogen) atoms. The highest BCUT2D eigenvalue weighted by molar-refractivity contribution is 5.78. The fourth-order valence-electron chi connectivity index (χ4n) is 4.68. The Hall–Kier alpha value is -1.43. The number of carbonyl (C=O) groups is 1. The van der Waals surface area contributed by atoms with Gasteiger partial charge in [0.15, 0.2) is 0 Å². The van der Waals surface area contributed by atoms with Crippen LogP contribution in [0.1, 0.15) is 45.6 Å². The van der Waals surface area contributed by atoms with Gasteiger partial charge in [0.2, 0.25) is 5.91 Å². The van der Waals surface area contributed by atoms with Crippen molar-refractivity contribution in [3.63, 3.8) is 0 Å². The summed E-state index contributed by atoms with van der Waals surface area (Å²) in [6.45, 7) is 12.7. The van der Waals surface area contributed by atoms with Gasteiger partial charge in [-0.1, -0.05) is 57.0 Å². The van der Waals surface area contributed by atoms with Crippen molar-refractivity contribution >= 4 is 5.91 Å². The van der Waals surface area contributed by atoms with E-state index in [0.717, 1.165) is 45.8 Å². The maximum Gasteiger partial charge on any atom is 0.234 e. The molecule has 5 heteroatoms. The summed E-state index contributed by atoms with van der Waals surface area (Å²) in [6, 6.07) is 11.1. The summed E-state index contributed by atoms with van der Waals surface area (Å²) in [5.41, 5.74) is 1.26. The molecule has 0 bridgehead atoms. The van der Waals surface area contributed by atoms with Crippen LogP contribution in [0.4, 0.5) is 0 Å². The van der Waals surface area contributed by atoms with Crippen LogP contribution in [0.25, 0.3) is 0 Å². The number of amides is 1. The van der Waals surface area contributed by atoms with E-state index >= 15 is 0 Å². The first-order valence-electron chi connectivity index (χ1n) is 11.4. The van der Waals surface area contributed by atoms with E-state index in [-0.39, 0.29) is 5.91 Å². The van der Waals surface area contributed by atoms with E-state index in [9.17, 15) is 4.79 Å². The molecule has 0 radical (unpaired) electrons. The lowest BCUT2D eigenvalue weighted by molar-refractivity contribution is -0.124. The van der Waals surface area contributed by atoms with E-state index in [1.807, 2.05) is 6.07 Å². The Morgan fingerprint density at radius 1 is 1.21 bits per heavy atom. The molecule has 1 N–H and O–H groups in total. The third kappa shape index (κ3) is 6.80. The first kappa shape index (κ1) is 22.3. The van der Waals surface area contributed by atoms with E-state index in [1.165, 1.54) is 18.4 Å². The minimum absolute atomic E-state index is 0.167. The van der Waals surface area contributed by atoms with Gasteiger partial charge >= 0.3 is 0 Å². The summed E-state index contributed by atoms with van der Waals surface area (Å²) < 4.78 is 5.49. The molecule has 1 aromatic rings. The molecule has 1 saturated carbocycles. The van der Waals surface area contributed by atoms with Crippen molar-refractivity contribution < 1.29 is 9.53 Å². The molecular weight excluding hydrogens is 362 g/mol. The second-order valence-electron chi connectivity index (χ2n) is 9.09. The number of morpholine rings is 1. The van der Waals surface area contributed by atoms with E-state index < -0.39 is 0 Å². The zero-order valence-electron chi connectivity index (χ0n) is 18.5. The number of hydrogen-bond donors (Lipinski definition) is 1. The normalized spacial score (nSPS) is 27.0. The minimum Gasteiger partial charge on any atom is -0.379 e. The average molecular weight is 402 g/mol. The predicted octanol–water partition coefficient (Wildman–Crippen LogP) is 3.15. The van der Waals surface area contributed by atoms with Gasteiger partial charge < -0.3 is 10.1 Å². The molecule has 4 atom stereocenters. The van der Waals surface area contributed by atoms with Crippen molar-refractivity contribution in [2.75, 3.05) is 39.4 Å². The van der Waals surface area contributed by atoms with Crippen LogP contribution in [0.2, 0.25) is 0 Å². The molecule has 1 heterocycles. The molecule has 1 aliphatic heterocycles. The number of carbonyl (C=O) groups excluding carboxylic acids is 1. The molecule has 0 spiro atoms. The summed E-state index contributed by atoms with van der Waals surface area (Å²) >= 11 is 0. The predicted molar refractivity (Wildman–Crippen MR) is 118 cm³/mol. The zero-order chi connectivity index (χ0) is 20.6. The molecule has 2 fully saturated rings. The van der Waals surface area contributed by atoms with Crippen molar-refractivity contribution in [2.24, 2.45) is 11.8 Å². The van der Waals surface area contributed by atoms with Gasteiger partial charge in [-0.3, -0.25) is 14.6 Å². The van der Waals surface area contributed by atoms with Gasteiger partial charge in [0.1, 0.15) is 0 Å². The Labute approximate surface area is 176 Å². The molecule has 1 aliphatic carbocycles. The highest BCUT2D eigenvalue weighted by atomic mass is 16.5. The van der Waals surface area contributed by atoms with Gasteiger partial charge in [-0.05, 0) is 30.7 Å². The summed E-state index contributed by atoms with van der Waals surface area (Å²) in [5.74, 6) is 1.41. The second kappa shape index (κ2) is 11.1. The number of nitrogens with zero attached hydrogens (tertiary/aromatic N) is 2. The zero-order valence-corrected chi connectivity index (χ0v) is 18.5.